The number of alkyl halides is 12. The van der Waals surface area contributed by atoms with Gasteiger partial charge in [-0.15, -0.1) is 0 Å². The lowest BCUT2D eigenvalue weighted by Gasteiger charge is -2.38. The Bertz CT molecular complexity index is 2610. The molecule has 2 aliphatic carbocycles. The summed E-state index contributed by atoms with van der Waals surface area (Å²) < 4.78 is 174. The summed E-state index contributed by atoms with van der Waals surface area (Å²) in [7, 11) is 0. The van der Waals surface area contributed by atoms with Crippen molar-refractivity contribution >= 4 is 17.7 Å². The maximum absolute atomic E-state index is 13.5. The van der Waals surface area contributed by atoms with E-state index in [4.69, 9.17) is 14.2 Å². The van der Waals surface area contributed by atoms with Crippen molar-refractivity contribution in [1.29, 1.82) is 0 Å². The van der Waals surface area contributed by atoms with Gasteiger partial charge in [-0.1, -0.05) is 0 Å². The number of rotatable bonds is 11. The average molecular weight is 1190 g/mol. The summed E-state index contributed by atoms with van der Waals surface area (Å²) in [5, 5.41) is 8.70. The first-order valence-corrected chi connectivity index (χ1v) is 28.9. The fourth-order valence-corrected chi connectivity index (χ4v) is 12.7. The van der Waals surface area contributed by atoms with Gasteiger partial charge < -0.3 is 30.2 Å². The number of ether oxygens (including phenoxy) is 3. The molecule has 8 fully saturated rings. The molecule has 4 unspecified atom stereocenters. The molecule has 8 aliphatic rings. The Morgan fingerprint density at radius 1 is 0.434 bits per heavy atom. The number of nitrogens with zero attached hydrogens (tertiary/aromatic N) is 3. The highest BCUT2D eigenvalue weighted by Crippen LogP contribution is 2.46. The molecule has 24 heteroatoms. The Balaban J connectivity index is 0.000000150. The van der Waals surface area contributed by atoms with Crippen molar-refractivity contribution in [1.82, 2.24) is 30.7 Å². The topological polar surface area (TPSA) is 125 Å². The second kappa shape index (κ2) is 26.3. The lowest BCUT2D eigenvalue weighted by Crippen LogP contribution is -2.56. The van der Waals surface area contributed by atoms with Gasteiger partial charge in [0.15, 0.2) is 0 Å². The third-order valence-electron chi connectivity index (χ3n) is 17.2. The van der Waals surface area contributed by atoms with Gasteiger partial charge in [0.05, 0.1) is 65.8 Å². The first-order chi connectivity index (χ1) is 39.3. The predicted octanol–water partition coefficient (Wildman–Crippen LogP) is 11.1. The van der Waals surface area contributed by atoms with Crippen molar-refractivity contribution in [2.75, 3.05) is 78.9 Å². The highest BCUT2D eigenvalue weighted by Gasteiger charge is 2.44. The van der Waals surface area contributed by atoms with E-state index in [0.717, 1.165) is 122 Å². The van der Waals surface area contributed by atoms with Crippen LogP contribution in [0.5, 0.6) is 0 Å². The minimum Gasteiger partial charge on any atom is -0.379 e. The van der Waals surface area contributed by atoms with Gasteiger partial charge in [0.1, 0.15) is 0 Å². The van der Waals surface area contributed by atoms with Crippen LogP contribution in [0.15, 0.2) is 48.5 Å². The van der Waals surface area contributed by atoms with Crippen molar-refractivity contribution in [3.8, 4) is 0 Å². The summed E-state index contributed by atoms with van der Waals surface area (Å²) >= 11 is 0. The molecule has 0 radical (unpaired) electrons. The average Bonchev–Trinajstić information content (AvgIpc) is 4.00. The molecule has 6 aliphatic heterocycles. The van der Waals surface area contributed by atoms with Crippen LogP contribution >= 0.6 is 0 Å². The molecule has 6 saturated heterocycles. The van der Waals surface area contributed by atoms with E-state index in [2.05, 4.69) is 30.7 Å². The number of amides is 3. The molecule has 6 atom stereocenters. The molecule has 11 rings (SSSR count). The van der Waals surface area contributed by atoms with Crippen LogP contribution in [0.2, 0.25) is 0 Å². The van der Waals surface area contributed by atoms with Gasteiger partial charge in [-0.05, 0) is 207 Å². The monoisotopic (exact) mass is 1190 g/mol. The molecule has 3 aromatic rings. The van der Waals surface area contributed by atoms with Crippen LogP contribution in [-0.2, 0) is 38.9 Å². The van der Waals surface area contributed by atoms with Crippen molar-refractivity contribution in [2.24, 2.45) is 0 Å². The summed E-state index contributed by atoms with van der Waals surface area (Å²) in [5.74, 6) is -1.49. The molecule has 6 heterocycles. The van der Waals surface area contributed by atoms with Gasteiger partial charge >= 0.3 is 24.7 Å². The summed E-state index contributed by atoms with van der Waals surface area (Å²) in [6.07, 6.45) is -6.42. The number of carbonyl (C=O) groups is 3. The summed E-state index contributed by atoms with van der Waals surface area (Å²) in [5.41, 5.74) is -3.75. The normalized spacial score (nSPS) is 25.9. The second-order valence-corrected chi connectivity index (χ2v) is 23.1. The van der Waals surface area contributed by atoms with Crippen LogP contribution in [0, 0.1) is 6.92 Å². The Kier molecular flexibility index (Phi) is 19.8. The quantitative estimate of drug-likeness (QED) is 0.161. The highest BCUT2D eigenvalue weighted by atomic mass is 19.4. The molecule has 83 heavy (non-hydrogen) atoms. The van der Waals surface area contributed by atoms with Crippen molar-refractivity contribution in [3.05, 3.63) is 104 Å². The van der Waals surface area contributed by atoms with E-state index in [1.165, 1.54) is 37.8 Å². The maximum atomic E-state index is 13.5. The van der Waals surface area contributed by atoms with Gasteiger partial charge in [-0.25, -0.2) is 0 Å². The first-order valence-electron chi connectivity index (χ1n) is 28.9. The number of hydrogen-bond acceptors (Lipinski definition) is 9. The largest absolute Gasteiger partial charge is 0.417 e. The molecule has 0 aromatic heterocycles. The van der Waals surface area contributed by atoms with Gasteiger partial charge in [0.2, 0.25) is 0 Å². The molecule has 12 nitrogen and oxygen atoms in total. The van der Waals surface area contributed by atoms with Crippen LogP contribution in [0.3, 0.4) is 0 Å². The number of carbonyl (C=O) groups excluding carboxylic acids is 3. The van der Waals surface area contributed by atoms with Crippen molar-refractivity contribution in [2.45, 2.75) is 163 Å². The number of nitrogens with one attached hydrogen (secondary N) is 3. The molecular weight excluding hydrogens is 1120 g/mol. The van der Waals surface area contributed by atoms with E-state index in [-0.39, 0.29) is 72.1 Å². The Morgan fingerprint density at radius 2 is 0.771 bits per heavy atom. The number of likely N-dealkylation sites (tertiary alicyclic amines) is 3. The zero-order valence-electron chi connectivity index (χ0n) is 46.2. The number of hydrogen-bond donors (Lipinski definition) is 3. The van der Waals surface area contributed by atoms with Gasteiger partial charge in [-0.2, -0.15) is 52.7 Å². The van der Waals surface area contributed by atoms with E-state index >= 15 is 0 Å². The smallest absolute Gasteiger partial charge is 0.379 e. The Hall–Kier alpha value is -5.01. The second-order valence-electron chi connectivity index (χ2n) is 23.1. The van der Waals surface area contributed by atoms with Gasteiger partial charge in [-0.3, -0.25) is 29.1 Å². The van der Waals surface area contributed by atoms with Crippen molar-refractivity contribution < 1.29 is 81.3 Å². The number of benzene rings is 3. The molecule has 3 aromatic carbocycles. The highest BCUT2D eigenvalue weighted by molar-refractivity contribution is 5.98. The zero-order valence-corrected chi connectivity index (χ0v) is 46.2. The third kappa shape index (κ3) is 15.9. The number of aryl methyl sites for hydroxylation is 1. The Morgan fingerprint density at radius 3 is 1.08 bits per heavy atom. The van der Waals surface area contributed by atoms with E-state index < -0.39 is 64.5 Å². The first kappa shape index (κ1) is 62.5. The zero-order chi connectivity index (χ0) is 59.4. The van der Waals surface area contributed by atoms with Crippen LogP contribution in [-0.4, -0.2) is 148 Å². The maximum Gasteiger partial charge on any atom is 0.417 e. The van der Waals surface area contributed by atoms with Crippen LogP contribution in [0.25, 0.3) is 0 Å². The molecule has 0 bridgehead atoms. The van der Waals surface area contributed by atoms with Crippen LogP contribution in [0.4, 0.5) is 52.7 Å². The number of halogens is 12. The van der Waals surface area contributed by atoms with E-state index in [0.29, 0.717) is 67.8 Å². The van der Waals surface area contributed by atoms with Gasteiger partial charge in [0, 0.05) is 49.1 Å². The van der Waals surface area contributed by atoms with E-state index in [1.54, 1.807) is 0 Å². The summed E-state index contributed by atoms with van der Waals surface area (Å²) in [6, 6.07) is 7.19. The molecule has 3 amide bonds. The molecular formula is C59H72F12N6O6. The lowest BCUT2D eigenvalue weighted by atomic mass is 9.95. The molecule has 0 spiro atoms. The summed E-state index contributed by atoms with van der Waals surface area (Å²) in [4.78, 5) is 45.6. The predicted molar refractivity (Wildman–Crippen MR) is 282 cm³/mol. The van der Waals surface area contributed by atoms with Crippen LogP contribution in [0.1, 0.15) is 165 Å². The molecule has 458 valence electrons. The summed E-state index contributed by atoms with van der Waals surface area (Å²) in [6.45, 7) is 9.78. The molecule has 2 saturated carbocycles. The standard InChI is InChI=1S/2C20H25F3N2O2.C19H22F6N2O2/c2*21-20(22,23)14-5-6-15(16(11-14)13-3-4-13)19(26)24-17-12-27-10-7-18(17)25-8-1-2-9-25;1-11-8-12(18(20,21)22)9-13(19(23,24)25)16(11)17(28)26-14-10-29-7-4-15(14)27-5-2-3-6-27/h2*5-6,11,13,17-18H,1-4,7-10,12H2,(H,24,26);8-9,14-15H,2-7,10H2,1H3,(H,26,28)/t;;14-,15-/m..0/s1. The fraction of sp³-hybridized carbons (Fsp3) is 0.644. The molecule has 3 N–H and O–H groups in total. The van der Waals surface area contributed by atoms with Crippen molar-refractivity contribution in [3.63, 3.8) is 0 Å². The van der Waals surface area contributed by atoms with Crippen LogP contribution < -0.4 is 16.0 Å². The minimum atomic E-state index is -5.10. The third-order valence-corrected chi connectivity index (χ3v) is 17.2. The minimum absolute atomic E-state index is 0.00274. The lowest BCUT2D eigenvalue weighted by molar-refractivity contribution is -0.143. The van der Waals surface area contributed by atoms with Gasteiger partial charge in [0.25, 0.3) is 17.7 Å². The fourth-order valence-electron chi connectivity index (χ4n) is 12.7. The Labute approximate surface area is 474 Å². The van der Waals surface area contributed by atoms with E-state index in [1.807, 2.05) is 0 Å². The SMILES string of the molecule is Cc1cc(C(F)(F)F)cc(C(F)(F)F)c1C(=O)N[C@H]1COCC[C@@H]1N1CCCC1.O=C(NC1COCCC1N1CCCC1)c1ccc(C(F)(F)F)cc1C1CC1.O=C(NC1COCCC1N1CCCC1)c1ccc(C(F)(F)F)cc1C1CC1. The van der Waals surface area contributed by atoms with E-state index in [9.17, 15) is 67.1 Å².